The molecule has 0 atom stereocenters. The molecule has 2 rings (SSSR count). The Kier molecular flexibility index (Phi) is 9.08. The van der Waals surface area contributed by atoms with Crippen molar-refractivity contribution in [1.29, 1.82) is 5.26 Å². The quantitative estimate of drug-likeness (QED) is 0.443. The first kappa shape index (κ1) is 20.7. The van der Waals surface area contributed by atoms with E-state index in [4.69, 9.17) is 5.26 Å². The molecule has 1 saturated heterocycles. The fourth-order valence-electron chi connectivity index (χ4n) is 2.87. The second kappa shape index (κ2) is 10.5. The van der Waals surface area contributed by atoms with Crippen molar-refractivity contribution in [3.05, 3.63) is 35.4 Å². The van der Waals surface area contributed by atoms with Crippen molar-refractivity contribution < 1.29 is 0 Å². The van der Waals surface area contributed by atoms with E-state index in [2.05, 4.69) is 40.0 Å². The average Bonchev–Trinajstić information content (AvgIpc) is 2.57. The number of halogens is 1. The van der Waals surface area contributed by atoms with Gasteiger partial charge in [0.2, 0.25) is 0 Å². The van der Waals surface area contributed by atoms with E-state index in [1.165, 1.54) is 6.54 Å². The molecular weight excluding hydrogens is 413 g/mol. The van der Waals surface area contributed by atoms with Crippen LogP contribution in [0.3, 0.4) is 0 Å². The van der Waals surface area contributed by atoms with Crippen LogP contribution in [0.1, 0.15) is 25.0 Å². The van der Waals surface area contributed by atoms with Gasteiger partial charge < -0.3 is 10.2 Å². The lowest BCUT2D eigenvalue weighted by atomic mass is 10.1. The van der Waals surface area contributed by atoms with Crippen molar-refractivity contribution in [2.75, 3.05) is 39.8 Å². The molecule has 1 aliphatic rings. The summed E-state index contributed by atoms with van der Waals surface area (Å²) in [4.78, 5) is 9.25. The number of nitriles is 1. The average molecular weight is 441 g/mol. The lowest BCUT2D eigenvalue weighted by Crippen LogP contribution is -2.52. The minimum absolute atomic E-state index is 0. The third-order valence-corrected chi connectivity index (χ3v) is 4.04. The molecule has 1 aromatic carbocycles. The van der Waals surface area contributed by atoms with Gasteiger partial charge in [-0.15, -0.1) is 24.0 Å². The first-order chi connectivity index (χ1) is 11.1. The molecule has 0 aliphatic carbocycles. The van der Waals surface area contributed by atoms with E-state index >= 15 is 0 Å². The Labute approximate surface area is 162 Å². The minimum Gasteiger partial charge on any atom is -0.352 e. The van der Waals surface area contributed by atoms with Gasteiger partial charge in [0.15, 0.2) is 5.96 Å². The largest absolute Gasteiger partial charge is 0.352 e. The minimum atomic E-state index is 0. The van der Waals surface area contributed by atoms with Gasteiger partial charge in [-0.2, -0.15) is 5.26 Å². The maximum atomic E-state index is 8.84. The van der Waals surface area contributed by atoms with Crippen LogP contribution in [0.4, 0.5) is 0 Å². The summed E-state index contributed by atoms with van der Waals surface area (Å²) in [6.07, 6.45) is 0. The lowest BCUT2D eigenvalue weighted by Gasteiger charge is -2.37. The van der Waals surface area contributed by atoms with Gasteiger partial charge in [-0.05, 0) is 23.6 Å². The molecule has 0 aromatic heterocycles. The molecule has 0 bridgehead atoms. The van der Waals surface area contributed by atoms with Crippen LogP contribution < -0.4 is 5.32 Å². The number of benzene rings is 1. The molecular formula is C18H28IN5. The van der Waals surface area contributed by atoms with Crippen LogP contribution in [0.15, 0.2) is 29.3 Å². The van der Waals surface area contributed by atoms with Gasteiger partial charge in [-0.3, -0.25) is 9.89 Å². The zero-order valence-corrected chi connectivity index (χ0v) is 17.2. The maximum absolute atomic E-state index is 8.84. The Hall–Kier alpha value is -1.33. The summed E-state index contributed by atoms with van der Waals surface area (Å²) in [5, 5.41) is 12.3. The monoisotopic (exact) mass is 441 g/mol. The van der Waals surface area contributed by atoms with Crippen molar-refractivity contribution in [2.24, 2.45) is 10.9 Å². The van der Waals surface area contributed by atoms with Gasteiger partial charge in [0, 0.05) is 46.3 Å². The molecule has 0 saturated carbocycles. The van der Waals surface area contributed by atoms with Gasteiger partial charge in [-0.25, -0.2) is 0 Å². The number of piperazine rings is 1. The summed E-state index contributed by atoms with van der Waals surface area (Å²) in [6.45, 7) is 10.6. The highest BCUT2D eigenvalue weighted by Gasteiger charge is 2.19. The van der Waals surface area contributed by atoms with Gasteiger partial charge in [0.1, 0.15) is 0 Å². The molecule has 132 valence electrons. The number of guanidine groups is 1. The smallest absolute Gasteiger partial charge is 0.194 e. The van der Waals surface area contributed by atoms with E-state index in [1.807, 2.05) is 31.3 Å². The number of hydrogen-bond donors (Lipinski definition) is 1. The van der Waals surface area contributed by atoms with E-state index < -0.39 is 0 Å². The fraction of sp³-hybridized carbons (Fsp3) is 0.556. The Balaban J connectivity index is 0.00000288. The van der Waals surface area contributed by atoms with Gasteiger partial charge >= 0.3 is 0 Å². The summed E-state index contributed by atoms with van der Waals surface area (Å²) >= 11 is 0. The number of aliphatic imine (C=N–C) groups is 1. The summed E-state index contributed by atoms with van der Waals surface area (Å²) in [5.74, 6) is 1.67. The molecule has 0 amide bonds. The molecule has 0 unspecified atom stereocenters. The highest BCUT2D eigenvalue weighted by molar-refractivity contribution is 14.0. The highest BCUT2D eigenvalue weighted by atomic mass is 127. The fourth-order valence-corrected chi connectivity index (χ4v) is 2.87. The molecule has 6 heteroatoms. The number of rotatable bonds is 4. The summed E-state index contributed by atoms with van der Waals surface area (Å²) in [6, 6.07) is 9.82. The standard InChI is InChI=1S/C18H27N5.HI/c1-15(2)14-22-8-10-23(11-9-22)18(20-3)21-13-17-6-4-16(12-19)5-7-17;/h4-7,15H,8-11,13-14H2,1-3H3,(H,20,21);1H. The predicted octanol–water partition coefficient (Wildman–Crippen LogP) is 2.53. The second-order valence-electron chi connectivity index (χ2n) is 6.39. The van der Waals surface area contributed by atoms with Crippen molar-refractivity contribution in [1.82, 2.24) is 15.1 Å². The van der Waals surface area contributed by atoms with Crippen molar-refractivity contribution in [3.63, 3.8) is 0 Å². The molecule has 1 fully saturated rings. The summed E-state index contributed by atoms with van der Waals surface area (Å²) in [5.41, 5.74) is 1.85. The van der Waals surface area contributed by atoms with Crippen molar-refractivity contribution >= 4 is 29.9 Å². The van der Waals surface area contributed by atoms with Crippen LogP contribution in [-0.4, -0.2) is 55.5 Å². The predicted molar refractivity (Wildman–Crippen MR) is 110 cm³/mol. The molecule has 1 aromatic rings. The van der Waals surface area contributed by atoms with E-state index in [9.17, 15) is 0 Å². The molecule has 1 heterocycles. The molecule has 0 spiro atoms. The van der Waals surface area contributed by atoms with Gasteiger partial charge in [0.05, 0.1) is 11.6 Å². The molecule has 1 aliphatic heterocycles. The van der Waals surface area contributed by atoms with Crippen LogP contribution in [0.5, 0.6) is 0 Å². The number of hydrogen-bond acceptors (Lipinski definition) is 3. The summed E-state index contributed by atoms with van der Waals surface area (Å²) in [7, 11) is 1.83. The molecule has 1 N–H and O–H groups in total. The van der Waals surface area contributed by atoms with Crippen LogP contribution in [0, 0.1) is 17.2 Å². The first-order valence-electron chi connectivity index (χ1n) is 8.29. The normalized spacial score (nSPS) is 15.8. The third-order valence-electron chi connectivity index (χ3n) is 4.04. The topological polar surface area (TPSA) is 54.7 Å². The van der Waals surface area contributed by atoms with Gasteiger partial charge in [-0.1, -0.05) is 26.0 Å². The number of nitrogens with one attached hydrogen (secondary N) is 1. The second-order valence-corrected chi connectivity index (χ2v) is 6.39. The first-order valence-corrected chi connectivity index (χ1v) is 8.29. The zero-order chi connectivity index (χ0) is 16.7. The highest BCUT2D eigenvalue weighted by Crippen LogP contribution is 2.07. The Bertz CT molecular complexity index is 554. The van der Waals surface area contributed by atoms with E-state index in [-0.39, 0.29) is 24.0 Å². The maximum Gasteiger partial charge on any atom is 0.194 e. The van der Waals surface area contributed by atoms with Crippen LogP contribution in [0.25, 0.3) is 0 Å². The zero-order valence-electron chi connectivity index (χ0n) is 14.8. The van der Waals surface area contributed by atoms with Gasteiger partial charge in [0.25, 0.3) is 0 Å². The van der Waals surface area contributed by atoms with Crippen molar-refractivity contribution in [3.8, 4) is 6.07 Å². The van der Waals surface area contributed by atoms with Crippen LogP contribution in [0.2, 0.25) is 0 Å². The van der Waals surface area contributed by atoms with E-state index in [1.54, 1.807) is 0 Å². The third kappa shape index (κ3) is 6.29. The van der Waals surface area contributed by atoms with E-state index in [0.29, 0.717) is 5.56 Å². The Morgan fingerprint density at radius 2 is 1.83 bits per heavy atom. The van der Waals surface area contributed by atoms with E-state index in [0.717, 1.165) is 50.2 Å². The molecule has 24 heavy (non-hydrogen) atoms. The van der Waals surface area contributed by atoms with Crippen molar-refractivity contribution in [2.45, 2.75) is 20.4 Å². The Morgan fingerprint density at radius 3 is 2.33 bits per heavy atom. The Morgan fingerprint density at radius 1 is 1.21 bits per heavy atom. The van der Waals surface area contributed by atoms with Crippen LogP contribution in [-0.2, 0) is 6.54 Å². The summed E-state index contributed by atoms with van der Waals surface area (Å²) < 4.78 is 0. The molecule has 5 nitrogen and oxygen atoms in total. The lowest BCUT2D eigenvalue weighted by molar-refractivity contribution is 0.164. The SMILES string of the molecule is CN=C(NCc1ccc(C#N)cc1)N1CCN(CC(C)C)CC1.I. The number of nitrogens with zero attached hydrogens (tertiary/aromatic N) is 4. The molecule has 0 radical (unpaired) electrons. The van der Waals surface area contributed by atoms with Crippen LogP contribution >= 0.6 is 24.0 Å².